The summed E-state index contributed by atoms with van der Waals surface area (Å²) in [4.78, 5) is 38.7. The predicted octanol–water partition coefficient (Wildman–Crippen LogP) is 6.25. The van der Waals surface area contributed by atoms with Crippen LogP contribution in [0.2, 0.25) is 5.02 Å². The zero-order valence-electron chi connectivity index (χ0n) is 18.9. The number of carbonyl (C=O) groups excluding carboxylic acids is 3. The quantitative estimate of drug-likeness (QED) is 0.471. The molecule has 0 saturated heterocycles. The Hall–Kier alpha value is -2.90. The van der Waals surface area contributed by atoms with E-state index in [1.807, 2.05) is 12.1 Å². The van der Waals surface area contributed by atoms with Crippen molar-refractivity contribution in [1.82, 2.24) is 0 Å². The Bertz CT molecular complexity index is 1240. The van der Waals surface area contributed by atoms with Crippen molar-refractivity contribution in [2.24, 2.45) is 0 Å². The minimum absolute atomic E-state index is 0.00687. The van der Waals surface area contributed by atoms with Gasteiger partial charge in [0.05, 0.1) is 5.92 Å². The first-order valence-corrected chi connectivity index (χ1v) is 12.8. The van der Waals surface area contributed by atoms with E-state index in [2.05, 4.69) is 21.2 Å². The largest absolute Gasteiger partial charge is 0.483 e. The Morgan fingerprint density at radius 1 is 0.971 bits per heavy atom. The number of amides is 1. The number of benzene rings is 2. The van der Waals surface area contributed by atoms with E-state index in [1.165, 1.54) is 0 Å². The Morgan fingerprint density at radius 2 is 1.60 bits per heavy atom. The number of ether oxygens (including phenoxy) is 2. The second-order valence-electron chi connectivity index (χ2n) is 8.79. The number of allylic oxidation sites excluding steroid dienone is 4. The first-order valence-electron chi connectivity index (χ1n) is 11.6. The van der Waals surface area contributed by atoms with Gasteiger partial charge >= 0.3 is 0 Å². The summed E-state index contributed by atoms with van der Waals surface area (Å²) in [5, 5.41) is 3.35. The van der Waals surface area contributed by atoms with Gasteiger partial charge in [-0.15, -0.1) is 0 Å². The summed E-state index contributed by atoms with van der Waals surface area (Å²) in [5.74, 6) is 0.843. The summed E-state index contributed by atoms with van der Waals surface area (Å²) in [6, 6.07) is 12.2. The molecule has 1 N–H and O–H groups in total. The summed E-state index contributed by atoms with van der Waals surface area (Å²) < 4.78 is 12.9. The standard InChI is InChI=1S/C27H23BrClNO5/c28-15-7-12-21(34-14-24(33)30-17-10-8-16(29)9-11-17)18(13-15)25-26-19(31)3-1-5-22(26)35-23-6-2-4-20(32)27(23)25/h7-13,25H,1-6,14H2,(H,30,33). The summed E-state index contributed by atoms with van der Waals surface area (Å²) in [7, 11) is 0. The van der Waals surface area contributed by atoms with E-state index in [-0.39, 0.29) is 24.1 Å². The first kappa shape index (κ1) is 23.8. The topological polar surface area (TPSA) is 81.7 Å². The third kappa shape index (κ3) is 4.93. The normalized spacial score (nSPS) is 18.1. The van der Waals surface area contributed by atoms with Gasteiger partial charge in [-0.3, -0.25) is 14.4 Å². The van der Waals surface area contributed by atoms with Gasteiger partial charge < -0.3 is 14.8 Å². The van der Waals surface area contributed by atoms with Crippen molar-refractivity contribution in [2.45, 2.75) is 44.4 Å². The van der Waals surface area contributed by atoms with Gasteiger partial charge in [-0.25, -0.2) is 0 Å². The molecular formula is C27H23BrClNO5. The van der Waals surface area contributed by atoms with Crippen LogP contribution < -0.4 is 10.1 Å². The van der Waals surface area contributed by atoms with Crippen molar-refractivity contribution in [3.63, 3.8) is 0 Å². The second-order valence-corrected chi connectivity index (χ2v) is 10.1. The van der Waals surface area contributed by atoms with E-state index in [0.29, 0.717) is 70.4 Å². The molecule has 0 aromatic heterocycles. The van der Waals surface area contributed by atoms with Gasteiger partial charge in [0.15, 0.2) is 18.2 Å². The first-order chi connectivity index (χ1) is 16.9. The molecule has 2 aromatic rings. The molecule has 1 amide bonds. The zero-order chi connectivity index (χ0) is 24.5. The van der Waals surface area contributed by atoms with Crippen LogP contribution in [0.3, 0.4) is 0 Å². The zero-order valence-corrected chi connectivity index (χ0v) is 21.2. The number of hydrogen-bond acceptors (Lipinski definition) is 5. The van der Waals surface area contributed by atoms with E-state index in [0.717, 1.165) is 17.3 Å². The smallest absolute Gasteiger partial charge is 0.262 e. The predicted molar refractivity (Wildman–Crippen MR) is 135 cm³/mol. The Labute approximate surface area is 216 Å². The van der Waals surface area contributed by atoms with E-state index >= 15 is 0 Å². The molecule has 5 rings (SSSR count). The molecule has 6 nitrogen and oxygen atoms in total. The maximum atomic E-state index is 13.1. The number of carbonyl (C=O) groups is 3. The van der Waals surface area contributed by atoms with Crippen LogP contribution in [0.25, 0.3) is 0 Å². The van der Waals surface area contributed by atoms with E-state index in [9.17, 15) is 14.4 Å². The van der Waals surface area contributed by atoms with Crippen LogP contribution in [0.4, 0.5) is 5.69 Å². The molecule has 35 heavy (non-hydrogen) atoms. The van der Waals surface area contributed by atoms with E-state index < -0.39 is 5.92 Å². The van der Waals surface area contributed by atoms with Crippen LogP contribution >= 0.6 is 27.5 Å². The van der Waals surface area contributed by atoms with Crippen LogP contribution in [-0.2, 0) is 19.1 Å². The minimum atomic E-state index is -0.568. The van der Waals surface area contributed by atoms with Crippen molar-refractivity contribution in [2.75, 3.05) is 11.9 Å². The van der Waals surface area contributed by atoms with Gasteiger partial charge in [0.2, 0.25) is 0 Å². The van der Waals surface area contributed by atoms with Crippen LogP contribution in [-0.4, -0.2) is 24.1 Å². The molecule has 3 aliphatic rings. The number of anilines is 1. The molecule has 180 valence electrons. The molecule has 2 aromatic carbocycles. The fourth-order valence-corrected chi connectivity index (χ4v) is 5.38. The Balaban J connectivity index is 1.48. The number of ketones is 2. The number of halogens is 2. The SMILES string of the molecule is O=C(COc1ccc(Br)cc1C1C2=C(CCCC2=O)OC2=C1C(=O)CCC2)Nc1ccc(Cl)cc1. The summed E-state index contributed by atoms with van der Waals surface area (Å²) >= 11 is 9.43. The molecule has 0 radical (unpaired) electrons. The van der Waals surface area contributed by atoms with Gasteiger partial charge in [-0.1, -0.05) is 27.5 Å². The lowest BCUT2D eigenvalue weighted by molar-refractivity contribution is -0.119. The number of rotatable bonds is 5. The number of Topliss-reactive ketones (excluding diaryl/α,β-unsaturated/α-hetero) is 2. The van der Waals surface area contributed by atoms with Gasteiger partial charge in [0, 0.05) is 57.6 Å². The van der Waals surface area contributed by atoms with E-state index in [4.69, 9.17) is 21.1 Å². The average molecular weight is 557 g/mol. The molecule has 0 fully saturated rings. The van der Waals surface area contributed by atoms with Gasteiger partial charge in [0.25, 0.3) is 5.91 Å². The summed E-state index contributed by atoms with van der Waals surface area (Å²) in [5.41, 5.74) is 2.36. The molecule has 0 bridgehead atoms. The third-order valence-corrected chi connectivity index (χ3v) is 7.16. The van der Waals surface area contributed by atoms with Gasteiger partial charge in [-0.05, 0) is 55.3 Å². The minimum Gasteiger partial charge on any atom is -0.483 e. The lowest BCUT2D eigenvalue weighted by atomic mass is 9.73. The maximum Gasteiger partial charge on any atom is 0.262 e. The molecule has 1 heterocycles. The molecular weight excluding hydrogens is 534 g/mol. The monoisotopic (exact) mass is 555 g/mol. The molecule has 0 saturated carbocycles. The Morgan fingerprint density at radius 3 is 2.23 bits per heavy atom. The van der Waals surface area contributed by atoms with Gasteiger partial charge in [-0.2, -0.15) is 0 Å². The molecule has 0 atom stereocenters. The number of nitrogens with one attached hydrogen (secondary N) is 1. The molecule has 8 heteroatoms. The van der Waals surface area contributed by atoms with Crippen molar-refractivity contribution in [3.8, 4) is 5.75 Å². The highest BCUT2D eigenvalue weighted by atomic mass is 79.9. The third-order valence-electron chi connectivity index (χ3n) is 6.41. The molecule has 0 unspecified atom stereocenters. The highest BCUT2D eigenvalue weighted by molar-refractivity contribution is 9.10. The molecule has 0 spiro atoms. The molecule has 2 aliphatic carbocycles. The summed E-state index contributed by atoms with van der Waals surface area (Å²) in [6.07, 6.45) is 3.63. The van der Waals surface area contributed by atoms with Crippen molar-refractivity contribution < 1.29 is 23.9 Å². The Kier molecular flexibility index (Phi) is 6.80. The van der Waals surface area contributed by atoms with Crippen LogP contribution in [0.1, 0.15) is 50.0 Å². The fraction of sp³-hybridized carbons (Fsp3) is 0.296. The average Bonchev–Trinajstić information content (AvgIpc) is 2.84. The van der Waals surface area contributed by atoms with Crippen molar-refractivity contribution in [1.29, 1.82) is 0 Å². The molecule has 1 aliphatic heterocycles. The summed E-state index contributed by atoms with van der Waals surface area (Å²) in [6.45, 7) is -0.236. The second kappa shape index (κ2) is 9.99. The van der Waals surface area contributed by atoms with Crippen molar-refractivity contribution in [3.05, 3.63) is 80.2 Å². The fourth-order valence-electron chi connectivity index (χ4n) is 4.88. The van der Waals surface area contributed by atoms with Crippen LogP contribution in [0, 0.1) is 0 Å². The number of hydrogen-bond donors (Lipinski definition) is 1. The van der Waals surface area contributed by atoms with Crippen molar-refractivity contribution >= 4 is 50.7 Å². The van der Waals surface area contributed by atoms with E-state index in [1.54, 1.807) is 30.3 Å². The van der Waals surface area contributed by atoms with Crippen LogP contribution in [0.15, 0.2) is 69.6 Å². The maximum absolute atomic E-state index is 13.1. The highest BCUT2D eigenvalue weighted by Gasteiger charge is 2.42. The lowest BCUT2D eigenvalue weighted by Gasteiger charge is -2.36. The highest BCUT2D eigenvalue weighted by Crippen LogP contribution is 2.50. The van der Waals surface area contributed by atoms with Gasteiger partial charge in [0.1, 0.15) is 17.3 Å². The van der Waals surface area contributed by atoms with Crippen LogP contribution in [0.5, 0.6) is 5.75 Å². The lowest BCUT2D eigenvalue weighted by Crippen LogP contribution is -2.30.